The number of nitrogens with one attached hydrogen (secondary N) is 1. The van der Waals surface area contributed by atoms with Gasteiger partial charge in [0.25, 0.3) is 0 Å². The van der Waals surface area contributed by atoms with Crippen molar-refractivity contribution in [1.82, 2.24) is 20.1 Å². The standard InChI is InChI=1S/C12H15ClN4/c1-9(12-16-15-8-17(12)2)14-7-10-4-3-5-11(13)6-10/h3-6,8-9,14H,7H2,1-2H3. The van der Waals surface area contributed by atoms with Crippen LogP contribution in [0.4, 0.5) is 0 Å². The molecule has 0 aliphatic rings. The van der Waals surface area contributed by atoms with Gasteiger partial charge < -0.3 is 9.88 Å². The highest BCUT2D eigenvalue weighted by Gasteiger charge is 2.10. The van der Waals surface area contributed by atoms with Gasteiger partial charge in [-0.05, 0) is 24.6 Å². The van der Waals surface area contributed by atoms with Gasteiger partial charge in [0.15, 0.2) is 0 Å². The Hall–Kier alpha value is -1.39. The molecule has 1 N–H and O–H groups in total. The minimum absolute atomic E-state index is 0.154. The molecule has 1 aromatic heterocycles. The predicted octanol–water partition coefficient (Wildman–Crippen LogP) is 2.32. The second-order valence-electron chi connectivity index (χ2n) is 4.03. The van der Waals surface area contributed by atoms with E-state index in [0.29, 0.717) is 0 Å². The van der Waals surface area contributed by atoms with E-state index in [1.54, 1.807) is 6.33 Å². The zero-order valence-corrected chi connectivity index (χ0v) is 10.6. The van der Waals surface area contributed by atoms with Gasteiger partial charge in [-0.25, -0.2) is 0 Å². The molecule has 0 aliphatic carbocycles. The molecule has 0 bridgehead atoms. The molecule has 5 heteroatoms. The van der Waals surface area contributed by atoms with Crippen LogP contribution in [0.15, 0.2) is 30.6 Å². The number of aryl methyl sites for hydroxylation is 1. The van der Waals surface area contributed by atoms with Gasteiger partial charge in [0.05, 0.1) is 6.04 Å². The van der Waals surface area contributed by atoms with Gasteiger partial charge in [-0.3, -0.25) is 0 Å². The molecule has 1 heterocycles. The van der Waals surface area contributed by atoms with Crippen molar-refractivity contribution in [3.63, 3.8) is 0 Å². The van der Waals surface area contributed by atoms with E-state index in [9.17, 15) is 0 Å². The average Bonchev–Trinajstić information content (AvgIpc) is 2.72. The van der Waals surface area contributed by atoms with Crippen LogP contribution in [-0.4, -0.2) is 14.8 Å². The molecule has 2 rings (SSSR count). The summed E-state index contributed by atoms with van der Waals surface area (Å²) in [5.41, 5.74) is 1.16. The Labute approximate surface area is 106 Å². The van der Waals surface area contributed by atoms with E-state index >= 15 is 0 Å². The van der Waals surface area contributed by atoms with E-state index < -0.39 is 0 Å². The molecular formula is C12H15ClN4. The Morgan fingerprint density at radius 3 is 2.94 bits per heavy atom. The van der Waals surface area contributed by atoms with E-state index in [1.807, 2.05) is 35.9 Å². The number of hydrogen-bond donors (Lipinski definition) is 1. The second kappa shape index (κ2) is 5.29. The number of aromatic nitrogens is 3. The average molecular weight is 251 g/mol. The van der Waals surface area contributed by atoms with Gasteiger partial charge >= 0.3 is 0 Å². The smallest absolute Gasteiger partial charge is 0.149 e. The summed E-state index contributed by atoms with van der Waals surface area (Å²) in [4.78, 5) is 0. The lowest BCUT2D eigenvalue weighted by Crippen LogP contribution is -2.21. The van der Waals surface area contributed by atoms with Crippen molar-refractivity contribution in [1.29, 1.82) is 0 Å². The van der Waals surface area contributed by atoms with Crippen LogP contribution in [0.25, 0.3) is 0 Å². The first-order valence-corrected chi connectivity index (χ1v) is 5.86. The summed E-state index contributed by atoms with van der Waals surface area (Å²) in [7, 11) is 1.94. The molecule has 90 valence electrons. The summed E-state index contributed by atoms with van der Waals surface area (Å²) in [5.74, 6) is 0.923. The van der Waals surface area contributed by atoms with Gasteiger partial charge in [0.1, 0.15) is 12.2 Å². The molecule has 0 fully saturated rings. The quantitative estimate of drug-likeness (QED) is 0.906. The highest BCUT2D eigenvalue weighted by molar-refractivity contribution is 6.30. The Bertz CT molecular complexity index is 495. The lowest BCUT2D eigenvalue weighted by Gasteiger charge is -2.12. The first-order chi connectivity index (χ1) is 8.16. The third-order valence-electron chi connectivity index (χ3n) is 2.64. The van der Waals surface area contributed by atoms with Crippen LogP contribution in [0, 0.1) is 0 Å². The molecule has 0 saturated carbocycles. The van der Waals surface area contributed by atoms with Crippen LogP contribution in [0.1, 0.15) is 24.4 Å². The van der Waals surface area contributed by atoms with E-state index in [-0.39, 0.29) is 6.04 Å². The summed E-state index contributed by atoms with van der Waals surface area (Å²) in [5, 5.41) is 12.1. The van der Waals surface area contributed by atoms with Crippen molar-refractivity contribution >= 4 is 11.6 Å². The Kier molecular flexibility index (Phi) is 3.76. The first-order valence-electron chi connectivity index (χ1n) is 5.48. The molecule has 1 aromatic carbocycles. The highest BCUT2D eigenvalue weighted by atomic mass is 35.5. The zero-order valence-electron chi connectivity index (χ0n) is 9.89. The van der Waals surface area contributed by atoms with Crippen molar-refractivity contribution < 1.29 is 0 Å². The van der Waals surface area contributed by atoms with E-state index in [1.165, 1.54) is 0 Å². The molecule has 1 atom stereocenters. The predicted molar refractivity (Wildman–Crippen MR) is 67.7 cm³/mol. The van der Waals surface area contributed by atoms with E-state index in [0.717, 1.165) is 23.0 Å². The molecule has 2 aromatic rings. The van der Waals surface area contributed by atoms with Gasteiger partial charge in [-0.1, -0.05) is 23.7 Å². The Morgan fingerprint density at radius 2 is 2.29 bits per heavy atom. The van der Waals surface area contributed by atoms with Gasteiger partial charge in [-0.15, -0.1) is 10.2 Å². The van der Waals surface area contributed by atoms with Crippen LogP contribution in [0.5, 0.6) is 0 Å². The molecule has 0 spiro atoms. The number of nitrogens with zero attached hydrogens (tertiary/aromatic N) is 3. The Balaban J connectivity index is 1.97. The fourth-order valence-electron chi connectivity index (χ4n) is 1.69. The maximum absolute atomic E-state index is 5.93. The zero-order chi connectivity index (χ0) is 12.3. The first kappa shape index (κ1) is 12.1. The number of benzene rings is 1. The monoisotopic (exact) mass is 250 g/mol. The molecule has 4 nitrogen and oxygen atoms in total. The largest absolute Gasteiger partial charge is 0.319 e. The van der Waals surface area contributed by atoms with E-state index in [4.69, 9.17) is 11.6 Å². The maximum Gasteiger partial charge on any atom is 0.149 e. The van der Waals surface area contributed by atoms with Gasteiger partial charge in [0.2, 0.25) is 0 Å². The number of rotatable bonds is 4. The summed E-state index contributed by atoms with van der Waals surface area (Å²) >= 11 is 5.93. The van der Waals surface area contributed by atoms with Gasteiger partial charge in [-0.2, -0.15) is 0 Å². The number of hydrogen-bond acceptors (Lipinski definition) is 3. The molecule has 0 aliphatic heterocycles. The second-order valence-corrected chi connectivity index (χ2v) is 4.47. The summed E-state index contributed by atoms with van der Waals surface area (Å²) in [6.07, 6.45) is 1.70. The normalized spacial score (nSPS) is 12.6. The van der Waals surface area contributed by atoms with Crippen LogP contribution >= 0.6 is 11.6 Å². The lowest BCUT2D eigenvalue weighted by molar-refractivity contribution is 0.528. The van der Waals surface area contributed by atoms with Crippen LogP contribution in [-0.2, 0) is 13.6 Å². The summed E-state index contributed by atoms with van der Waals surface area (Å²) in [6, 6.07) is 7.98. The minimum Gasteiger partial charge on any atom is -0.319 e. The molecule has 17 heavy (non-hydrogen) atoms. The van der Waals surface area contributed by atoms with E-state index in [2.05, 4.69) is 22.4 Å². The fourth-order valence-corrected chi connectivity index (χ4v) is 1.91. The minimum atomic E-state index is 0.154. The van der Waals surface area contributed by atoms with Crippen molar-refractivity contribution in [2.24, 2.45) is 7.05 Å². The molecule has 1 unspecified atom stereocenters. The molecule has 0 amide bonds. The third kappa shape index (κ3) is 3.05. The molecule has 0 radical (unpaired) electrons. The van der Waals surface area contributed by atoms with Gasteiger partial charge in [0, 0.05) is 18.6 Å². The Morgan fingerprint density at radius 1 is 1.47 bits per heavy atom. The topological polar surface area (TPSA) is 42.7 Å². The summed E-state index contributed by atoms with van der Waals surface area (Å²) in [6.45, 7) is 2.82. The summed E-state index contributed by atoms with van der Waals surface area (Å²) < 4.78 is 1.91. The highest BCUT2D eigenvalue weighted by Crippen LogP contribution is 2.12. The van der Waals surface area contributed by atoms with Crippen molar-refractivity contribution in [3.05, 3.63) is 47.0 Å². The van der Waals surface area contributed by atoms with Crippen molar-refractivity contribution in [2.45, 2.75) is 19.5 Å². The van der Waals surface area contributed by atoms with Crippen LogP contribution in [0.3, 0.4) is 0 Å². The maximum atomic E-state index is 5.93. The molecular weight excluding hydrogens is 236 g/mol. The van der Waals surface area contributed by atoms with Crippen molar-refractivity contribution in [3.8, 4) is 0 Å². The SMILES string of the molecule is CC(NCc1cccc(Cl)c1)c1nncn1C. The van der Waals surface area contributed by atoms with Crippen LogP contribution < -0.4 is 5.32 Å². The molecule has 0 saturated heterocycles. The fraction of sp³-hybridized carbons (Fsp3) is 0.333. The number of halogens is 1. The van der Waals surface area contributed by atoms with Crippen LogP contribution in [0.2, 0.25) is 5.02 Å². The third-order valence-corrected chi connectivity index (χ3v) is 2.87. The lowest BCUT2D eigenvalue weighted by atomic mass is 10.2. The van der Waals surface area contributed by atoms with Crippen molar-refractivity contribution in [2.75, 3.05) is 0 Å².